The molecule has 0 aliphatic rings. The van der Waals surface area contributed by atoms with E-state index < -0.39 is 4.92 Å². The Labute approximate surface area is 168 Å². The van der Waals surface area contributed by atoms with E-state index in [0.717, 1.165) is 29.0 Å². The summed E-state index contributed by atoms with van der Waals surface area (Å²) in [5, 5.41) is 11.5. The molecule has 0 aliphatic heterocycles. The van der Waals surface area contributed by atoms with E-state index in [1.807, 2.05) is 44.2 Å². The van der Waals surface area contributed by atoms with Crippen molar-refractivity contribution in [1.82, 2.24) is 9.97 Å². The Morgan fingerprint density at radius 1 is 1.07 bits per heavy atom. The molecule has 0 atom stereocenters. The van der Waals surface area contributed by atoms with Crippen molar-refractivity contribution in [2.24, 2.45) is 0 Å². The van der Waals surface area contributed by atoms with E-state index in [2.05, 4.69) is 16.9 Å². The zero-order valence-electron chi connectivity index (χ0n) is 16.0. The molecule has 2 aromatic carbocycles. The molecule has 6 nitrogen and oxygen atoms in total. The van der Waals surface area contributed by atoms with Gasteiger partial charge in [-0.2, -0.15) is 4.98 Å². The van der Waals surface area contributed by atoms with E-state index in [1.165, 1.54) is 23.4 Å². The van der Waals surface area contributed by atoms with Crippen LogP contribution in [0.5, 0.6) is 11.6 Å². The number of benzene rings is 2. The maximum absolute atomic E-state index is 10.9. The molecule has 0 saturated carbocycles. The topological polar surface area (TPSA) is 78.2 Å². The minimum absolute atomic E-state index is 0.0834. The van der Waals surface area contributed by atoms with Crippen molar-refractivity contribution in [2.75, 3.05) is 0 Å². The van der Waals surface area contributed by atoms with Gasteiger partial charge in [0.2, 0.25) is 5.88 Å². The second-order valence-corrected chi connectivity index (χ2v) is 7.34. The fourth-order valence-electron chi connectivity index (χ4n) is 2.55. The van der Waals surface area contributed by atoms with E-state index in [4.69, 9.17) is 4.74 Å². The van der Waals surface area contributed by atoms with Gasteiger partial charge in [-0.25, -0.2) is 4.98 Å². The summed E-state index contributed by atoms with van der Waals surface area (Å²) >= 11 is 1.43. The van der Waals surface area contributed by atoms with Crippen LogP contribution in [0.2, 0.25) is 0 Å². The molecular formula is C21H21N3O3S. The Kier molecular flexibility index (Phi) is 6.26. The van der Waals surface area contributed by atoms with Gasteiger partial charge in [-0.1, -0.05) is 36.9 Å². The SMILES string of the molecule is CCc1cc(Oc2ccc(C)c(C)c2)nc(SCc2cccc([N+](=O)[O-])c2)n1. The number of aromatic nitrogens is 2. The summed E-state index contributed by atoms with van der Waals surface area (Å²) in [5.41, 5.74) is 4.18. The molecule has 0 aliphatic carbocycles. The molecule has 7 heteroatoms. The number of hydrogen-bond donors (Lipinski definition) is 0. The average Bonchev–Trinajstić information content (AvgIpc) is 2.69. The lowest BCUT2D eigenvalue weighted by Gasteiger charge is -2.10. The molecule has 0 amide bonds. The maximum Gasteiger partial charge on any atom is 0.269 e. The molecule has 0 radical (unpaired) electrons. The van der Waals surface area contributed by atoms with Crippen molar-refractivity contribution in [3.05, 3.63) is 81.0 Å². The lowest BCUT2D eigenvalue weighted by Crippen LogP contribution is -1.98. The average molecular weight is 395 g/mol. The molecule has 3 aromatic rings. The summed E-state index contributed by atoms with van der Waals surface area (Å²) in [6, 6.07) is 14.4. The third kappa shape index (κ3) is 5.07. The van der Waals surface area contributed by atoms with E-state index in [-0.39, 0.29) is 5.69 Å². The van der Waals surface area contributed by atoms with Crippen molar-refractivity contribution >= 4 is 17.4 Å². The number of nitro groups is 1. The minimum atomic E-state index is -0.391. The lowest BCUT2D eigenvalue weighted by molar-refractivity contribution is -0.384. The van der Waals surface area contributed by atoms with Crippen LogP contribution in [0.3, 0.4) is 0 Å². The van der Waals surface area contributed by atoms with Crippen LogP contribution in [0.4, 0.5) is 5.69 Å². The normalized spacial score (nSPS) is 10.7. The van der Waals surface area contributed by atoms with Crippen molar-refractivity contribution in [3.63, 3.8) is 0 Å². The number of non-ortho nitro benzene ring substituents is 1. The van der Waals surface area contributed by atoms with Crippen LogP contribution >= 0.6 is 11.8 Å². The van der Waals surface area contributed by atoms with Gasteiger partial charge in [-0.05, 0) is 49.1 Å². The van der Waals surface area contributed by atoms with Gasteiger partial charge in [-0.3, -0.25) is 10.1 Å². The van der Waals surface area contributed by atoms with Gasteiger partial charge in [0.1, 0.15) is 5.75 Å². The van der Waals surface area contributed by atoms with Gasteiger partial charge in [0.05, 0.1) is 4.92 Å². The monoisotopic (exact) mass is 395 g/mol. The maximum atomic E-state index is 10.9. The number of rotatable bonds is 7. The summed E-state index contributed by atoms with van der Waals surface area (Å²) in [5.74, 6) is 1.77. The highest BCUT2D eigenvalue weighted by Crippen LogP contribution is 2.27. The van der Waals surface area contributed by atoms with Crippen LogP contribution in [-0.2, 0) is 12.2 Å². The molecule has 1 aromatic heterocycles. The molecule has 0 spiro atoms. The third-order valence-corrected chi connectivity index (χ3v) is 5.21. The fraction of sp³-hybridized carbons (Fsp3) is 0.238. The second kappa shape index (κ2) is 8.84. The minimum Gasteiger partial charge on any atom is -0.439 e. The molecule has 0 bridgehead atoms. The molecular weight excluding hydrogens is 374 g/mol. The first-order valence-electron chi connectivity index (χ1n) is 8.94. The summed E-state index contributed by atoms with van der Waals surface area (Å²) in [6.07, 6.45) is 0.760. The van der Waals surface area contributed by atoms with E-state index in [1.54, 1.807) is 12.1 Å². The molecule has 3 rings (SSSR count). The third-order valence-electron chi connectivity index (χ3n) is 4.29. The van der Waals surface area contributed by atoms with E-state index >= 15 is 0 Å². The van der Waals surface area contributed by atoms with Crippen molar-refractivity contribution in [3.8, 4) is 11.6 Å². The number of thioether (sulfide) groups is 1. The summed E-state index contributed by atoms with van der Waals surface area (Å²) in [4.78, 5) is 19.6. The molecule has 0 fully saturated rings. The Morgan fingerprint density at radius 2 is 1.89 bits per heavy atom. The van der Waals surface area contributed by atoms with Gasteiger partial charge >= 0.3 is 0 Å². The molecule has 0 saturated heterocycles. The standard InChI is InChI=1S/C21H21N3O3S/c1-4-17-12-20(27-19-9-8-14(2)15(3)10-19)23-21(22-17)28-13-16-6-5-7-18(11-16)24(25)26/h5-12H,4,13H2,1-3H3. The largest absolute Gasteiger partial charge is 0.439 e. The van der Waals surface area contributed by atoms with Crippen LogP contribution in [0.25, 0.3) is 0 Å². The molecule has 0 N–H and O–H groups in total. The predicted octanol–water partition coefficient (Wildman–Crippen LogP) is 5.65. The Bertz CT molecular complexity index is 1010. The van der Waals surface area contributed by atoms with Crippen molar-refractivity contribution in [1.29, 1.82) is 0 Å². The van der Waals surface area contributed by atoms with Gasteiger partial charge in [-0.15, -0.1) is 0 Å². The smallest absolute Gasteiger partial charge is 0.269 e. The zero-order chi connectivity index (χ0) is 20.1. The number of nitro benzene ring substituents is 1. The van der Waals surface area contributed by atoms with Crippen LogP contribution in [-0.4, -0.2) is 14.9 Å². The van der Waals surface area contributed by atoms with Gasteiger partial charge in [0.25, 0.3) is 5.69 Å². The number of nitrogens with zero attached hydrogens (tertiary/aromatic N) is 3. The molecule has 1 heterocycles. The molecule has 144 valence electrons. The zero-order valence-corrected chi connectivity index (χ0v) is 16.8. The predicted molar refractivity (Wildman–Crippen MR) is 110 cm³/mol. The first-order chi connectivity index (χ1) is 13.4. The first-order valence-corrected chi connectivity index (χ1v) is 9.92. The number of hydrogen-bond acceptors (Lipinski definition) is 6. The van der Waals surface area contributed by atoms with Crippen LogP contribution in [0.1, 0.15) is 29.3 Å². The second-order valence-electron chi connectivity index (χ2n) is 6.40. The van der Waals surface area contributed by atoms with Crippen LogP contribution < -0.4 is 4.74 Å². The summed E-state index contributed by atoms with van der Waals surface area (Å²) < 4.78 is 5.95. The summed E-state index contributed by atoms with van der Waals surface area (Å²) in [7, 11) is 0. The number of aryl methyl sites for hydroxylation is 3. The van der Waals surface area contributed by atoms with Gasteiger partial charge < -0.3 is 4.74 Å². The Balaban J connectivity index is 1.77. The highest BCUT2D eigenvalue weighted by atomic mass is 32.2. The Morgan fingerprint density at radius 3 is 2.61 bits per heavy atom. The number of ether oxygens (including phenoxy) is 1. The highest BCUT2D eigenvalue weighted by Gasteiger charge is 2.10. The van der Waals surface area contributed by atoms with Gasteiger partial charge in [0, 0.05) is 29.6 Å². The van der Waals surface area contributed by atoms with E-state index in [9.17, 15) is 10.1 Å². The fourth-order valence-corrected chi connectivity index (χ4v) is 3.36. The van der Waals surface area contributed by atoms with Crippen LogP contribution in [0, 0.1) is 24.0 Å². The van der Waals surface area contributed by atoms with Gasteiger partial charge in [0.15, 0.2) is 5.16 Å². The van der Waals surface area contributed by atoms with Crippen molar-refractivity contribution in [2.45, 2.75) is 38.1 Å². The first kappa shape index (κ1) is 19.8. The summed E-state index contributed by atoms with van der Waals surface area (Å²) in [6.45, 7) is 6.12. The van der Waals surface area contributed by atoms with Crippen molar-refractivity contribution < 1.29 is 9.66 Å². The molecule has 28 heavy (non-hydrogen) atoms. The quantitative estimate of drug-likeness (QED) is 0.223. The Hall–Kier alpha value is -2.93. The van der Waals surface area contributed by atoms with Crippen LogP contribution in [0.15, 0.2) is 53.7 Å². The lowest BCUT2D eigenvalue weighted by atomic mass is 10.1. The van der Waals surface area contributed by atoms with E-state index in [0.29, 0.717) is 16.8 Å². The molecule has 0 unspecified atom stereocenters. The highest BCUT2D eigenvalue weighted by molar-refractivity contribution is 7.98.